The Balaban J connectivity index is 1.68. The number of carbonyl (C=O) groups is 1. The Kier molecular flexibility index (Phi) is 4.18. The van der Waals surface area contributed by atoms with Gasteiger partial charge in [0.15, 0.2) is 5.82 Å². The van der Waals surface area contributed by atoms with Crippen molar-refractivity contribution in [3.05, 3.63) is 53.2 Å². The first kappa shape index (κ1) is 16.7. The van der Waals surface area contributed by atoms with Crippen LogP contribution in [0.2, 0.25) is 0 Å². The fraction of sp³-hybridized carbons (Fsp3) is 0.400. The third-order valence-corrected chi connectivity index (χ3v) is 4.97. The number of amides is 1. The summed E-state index contributed by atoms with van der Waals surface area (Å²) in [6.45, 7) is 5.58. The normalized spacial score (nSPS) is 13.4. The molecule has 0 aliphatic carbocycles. The summed E-state index contributed by atoms with van der Waals surface area (Å²) in [6, 6.07) is 9.75. The molecule has 0 fully saturated rings. The third kappa shape index (κ3) is 2.85. The molecule has 0 N–H and O–H groups in total. The zero-order valence-electron chi connectivity index (χ0n) is 15.4. The zero-order valence-corrected chi connectivity index (χ0v) is 15.4. The SMILES string of the molecule is CC(C)c1cc(C(=O)N(C)Cc2nnc3n2CCC3)c2ccccc2n1. The molecule has 0 saturated heterocycles. The number of rotatable bonds is 4. The van der Waals surface area contributed by atoms with Crippen molar-refractivity contribution in [2.24, 2.45) is 0 Å². The first-order valence-corrected chi connectivity index (χ1v) is 9.10. The van der Waals surface area contributed by atoms with Crippen molar-refractivity contribution in [2.45, 2.75) is 45.7 Å². The minimum absolute atomic E-state index is 0.0131. The molecule has 0 bridgehead atoms. The molecule has 6 heteroatoms. The van der Waals surface area contributed by atoms with E-state index in [2.05, 4.69) is 28.6 Å². The Hall–Kier alpha value is -2.76. The molecule has 1 aliphatic heterocycles. The number of aryl methyl sites for hydroxylation is 1. The van der Waals surface area contributed by atoms with Gasteiger partial charge in [-0.1, -0.05) is 32.0 Å². The average Bonchev–Trinajstić information content (AvgIpc) is 3.25. The van der Waals surface area contributed by atoms with E-state index < -0.39 is 0 Å². The quantitative estimate of drug-likeness (QED) is 0.726. The van der Waals surface area contributed by atoms with Crippen LogP contribution in [0.4, 0.5) is 0 Å². The molecule has 26 heavy (non-hydrogen) atoms. The number of hydrogen-bond acceptors (Lipinski definition) is 4. The molecule has 6 nitrogen and oxygen atoms in total. The van der Waals surface area contributed by atoms with E-state index in [-0.39, 0.29) is 11.8 Å². The Morgan fingerprint density at radius 3 is 2.88 bits per heavy atom. The summed E-state index contributed by atoms with van der Waals surface area (Å²) in [5.74, 6) is 2.13. The predicted molar refractivity (Wildman–Crippen MR) is 100.0 cm³/mol. The van der Waals surface area contributed by atoms with Gasteiger partial charge in [-0.3, -0.25) is 9.78 Å². The first-order valence-electron chi connectivity index (χ1n) is 9.10. The van der Waals surface area contributed by atoms with E-state index in [0.717, 1.165) is 47.6 Å². The fourth-order valence-electron chi connectivity index (χ4n) is 3.49. The van der Waals surface area contributed by atoms with Crippen molar-refractivity contribution in [1.29, 1.82) is 0 Å². The highest BCUT2D eigenvalue weighted by atomic mass is 16.2. The van der Waals surface area contributed by atoms with E-state index in [1.165, 1.54) is 0 Å². The summed E-state index contributed by atoms with van der Waals surface area (Å²) < 4.78 is 2.13. The average molecular weight is 349 g/mol. The topological polar surface area (TPSA) is 63.9 Å². The van der Waals surface area contributed by atoms with Gasteiger partial charge >= 0.3 is 0 Å². The Morgan fingerprint density at radius 2 is 2.08 bits per heavy atom. The second-order valence-electron chi connectivity index (χ2n) is 7.22. The summed E-state index contributed by atoms with van der Waals surface area (Å²) in [5.41, 5.74) is 2.49. The van der Waals surface area contributed by atoms with Gasteiger partial charge in [-0.05, 0) is 24.5 Å². The van der Waals surface area contributed by atoms with Crippen molar-refractivity contribution in [1.82, 2.24) is 24.6 Å². The molecule has 2 aromatic heterocycles. The van der Waals surface area contributed by atoms with Crippen LogP contribution in [0.1, 0.15) is 53.9 Å². The van der Waals surface area contributed by atoms with E-state index in [1.807, 2.05) is 37.4 Å². The third-order valence-electron chi connectivity index (χ3n) is 4.97. The highest BCUT2D eigenvalue weighted by Gasteiger charge is 2.22. The molecule has 0 atom stereocenters. The van der Waals surface area contributed by atoms with Crippen LogP contribution in [-0.4, -0.2) is 37.6 Å². The van der Waals surface area contributed by atoms with Crippen molar-refractivity contribution in [2.75, 3.05) is 7.05 Å². The minimum atomic E-state index is -0.0131. The summed E-state index contributed by atoms with van der Waals surface area (Å²) in [7, 11) is 1.82. The number of pyridine rings is 1. The lowest BCUT2D eigenvalue weighted by Crippen LogP contribution is -2.28. The summed E-state index contributed by atoms with van der Waals surface area (Å²) in [4.78, 5) is 19.6. The summed E-state index contributed by atoms with van der Waals surface area (Å²) in [5, 5.41) is 9.39. The molecule has 0 saturated carbocycles. The number of nitrogens with zero attached hydrogens (tertiary/aromatic N) is 5. The van der Waals surface area contributed by atoms with Gasteiger partial charge in [-0.15, -0.1) is 10.2 Å². The lowest BCUT2D eigenvalue weighted by atomic mass is 10.0. The molecule has 3 aromatic rings. The molecule has 134 valence electrons. The van der Waals surface area contributed by atoms with Crippen LogP contribution < -0.4 is 0 Å². The van der Waals surface area contributed by atoms with Crippen molar-refractivity contribution in [3.8, 4) is 0 Å². The van der Waals surface area contributed by atoms with E-state index in [1.54, 1.807) is 4.90 Å². The minimum Gasteiger partial charge on any atom is -0.334 e. The molecule has 0 unspecified atom stereocenters. The number of para-hydroxylation sites is 1. The van der Waals surface area contributed by atoms with Crippen LogP contribution in [0, 0.1) is 0 Å². The second kappa shape index (κ2) is 6.52. The number of aromatic nitrogens is 4. The second-order valence-corrected chi connectivity index (χ2v) is 7.22. The fourth-order valence-corrected chi connectivity index (χ4v) is 3.49. The van der Waals surface area contributed by atoms with Crippen molar-refractivity contribution in [3.63, 3.8) is 0 Å². The maximum absolute atomic E-state index is 13.2. The van der Waals surface area contributed by atoms with Gasteiger partial charge in [0, 0.05) is 31.1 Å². The molecular formula is C20H23N5O. The van der Waals surface area contributed by atoms with Crippen LogP contribution in [0.25, 0.3) is 10.9 Å². The van der Waals surface area contributed by atoms with Crippen molar-refractivity contribution >= 4 is 16.8 Å². The van der Waals surface area contributed by atoms with Gasteiger partial charge < -0.3 is 9.47 Å². The lowest BCUT2D eigenvalue weighted by Gasteiger charge is -2.19. The van der Waals surface area contributed by atoms with Gasteiger partial charge in [-0.2, -0.15) is 0 Å². The maximum atomic E-state index is 13.2. The standard InChI is InChI=1S/C20H23N5O/c1-13(2)17-11-15(14-7-4-5-8-16(14)21-17)20(26)24(3)12-19-23-22-18-9-6-10-25(18)19/h4-5,7-8,11,13H,6,9-10,12H2,1-3H3. The Morgan fingerprint density at radius 1 is 1.27 bits per heavy atom. The smallest absolute Gasteiger partial charge is 0.254 e. The molecule has 0 radical (unpaired) electrons. The van der Waals surface area contributed by atoms with Gasteiger partial charge in [0.2, 0.25) is 0 Å². The van der Waals surface area contributed by atoms with Crippen LogP contribution in [0.5, 0.6) is 0 Å². The molecule has 4 rings (SSSR count). The Bertz CT molecular complexity index is 975. The maximum Gasteiger partial charge on any atom is 0.254 e. The highest BCUT2D eigenvalue weighted by Crippen LogP contribution is 2.24. The van der Waals surface area contributed by atoms with Crippen LogP contribution in [-0.2, 0) is 19.5 Å². The summed E-state index contributed by atoms with van der Waals surface area (Å²) >= 11 is 0. The number of hydrogen-bond donors (Lipinski definition) is 0. The van der Waals surface area contributed by atoms with Gasteiger partial charge in [0.25, 0.3) is 5.91 Å². The van der Waals surface area contributed by atoms with Crippen LogP contribution >= 0.6 is 0 Å². The first-order chi connectivity index (χ1) is 12.5. The molecular weight excluding hydrogens is 326 g/mol. The monoisotopic (exact) mass is 349 g/mol. The van der Waals surface area contributed by atoms with Crippen LogP contribution in [0.15, 0.2) is 30.3 Å². The zero-order chi connectivity index (χ0) is 18.3. The van der Waals surface area contributed by atoms with E-state index in [0.29, 0.717) is 12.1 Å². The largest absolute Gasteiger partial charge is 0.334 e. The molecule has 0 spiro atoms. The molecule has 1 aromatic carbocycles. The molecule has 1 amide bonds. The molecule has 3 heterocycles. The van der Waals surface area contributed by atoms with E-state index in [4.69, 9.17) is 4.98 Å². The summed E-state index contributed by atoms with van der Waals surface area (Å²) in [6.07, 6.45) is 2.07. The van der Waals surface area contributed by atoms with E-state index in [9.17, 15) is 4.79 Å². The predicted octanol–water partition coefficient (Wildman–Crippen LogP) is 3.17. The lowest BCUT2D eigenvalue weighted by molar-refractivity contribution is 0.0782. The van der Waals surface area contributed by atoms with E-state index >= 15 is 0 Å². The van der Waals surface area contributed by atoms with Crippen LogP contribution in [0.3, 0.4) is 0 Å². The number of carbonyl (C=O) groups excluding carboxylic acids is 1. The molecule has 1 aliphatic rings. The highest BCUT2D eigenvalue weighted by molar-refractivity contribution is 6.06. The number of benzene rings is 1. The van der Waals surface area contributed by atoms with Gasteiger partial charge in [-0.25, -0.2) is 0 Å². The van der Waals surface area contributed by atoms with Crippen molar-refractivity contribution < 1.29 is 4.79 Å². The number of fused-ring (bicyclic) bond motifs is 2. The van der Waals surface area contributed by atoms with Gasteiger partial charge in [0.1, 0.15) is 5.82 Å². The Labute approximate surface area is 152 Å². The van der Waals surface area contributed by atoms with Gasteiger partial charge in [0.05, 0.1) is 17.6 Å².